The number of piperidine rings is 1. The predicted molar refractivity (Wildman–Crippen MR) is 65.8 cm³/mol. The third kappa shape index (κ3) is 2.09. The van der Waals surface area contributed by atoms with Crippen molar-refractivity contribution in [3.63, 3.8) is 0 Å². The summed E-state index contributed by atoms with van der Waals surface area (Å²) in [5.74, 6) is 1.34. The van der Waals surface area contributed by atoms with Gasteiger partial charge in [0, 0.05) is 6.54 Å². The molecule has 0 aromatic heterocycles. The van der Waals surface area contributed by atoms with Crippen molar-refractivity contribution in [2.75, 3.05) is 6.54 Å². The molecule has 0 aromatic rings. The van der Waals surface area contributed by atoms with Gasteiger partial charge in [0.2, 0.25) is 0 Å². The lowest BCUT2D eigenvalue weighted by Crippen LogP contribution is -2.52. The maximum absolute atomic E-state index is 11.0. The van der Waals surface area contributed by atoms with Gasteiger partial charge in [0.1, 0.15) is 0 Å². The molecular formula is C13H24N2O. The van der Waals surface area contributed by atoms with Crippen LogP contribution in [-0.2, 0) is 0 Å². The van der Waals surface area contributed by atoms with Gasteiger partial charge in [-0.25, -0.2) is 0 Å². The van der Waals surface area contributed by atoms with Crippen molar-refractivity contribution >= 4 is 0 Å². The molecule has 0 N–H and O–H groups in total. The Hall–Kier alpha value is -0.600. The Morgan fingerprint density at radius 2 is 1.81 bits per heavy atom. The van der Waals surface area contributed by atoms with Gasteiger partial charge in [-0.1, -0.05) is 27.2 Å². The molecule has 1 heterocycles. The molecule has 16 heavy (non-hydrogen) atoms. The summed E-state index contributed by atoms with van der Waals surface area (Å²) in [6.45, 7) is 7.78. The van der Waals surface area contributed by atoms with Crippen molar-refractivity contribution in [2.24, 2.45) is 22.5 Å². The quantitative estimate of drug-likeness (QED) is 0.637. The fraction of sp³-hybridized carbons (Fsp3) is 1.00. The van der Waals surface area contributed by atoms with Gasteiger partial charge in [-0.15, -0.1) is 4.91 Å². The van der Waals surface area contributed by atoms with E-state index in [2.05, 4.69) is 26.1 Å². The van der Waals surface area contributed by atoms with Crippen molar-refractivity contribution in [1.82, 2.24) is 5.01 Å². The van der Waals surface area contributed by atoms with Crippen LogP contribution in [-0.4, -0.2) is 17.6 Å². The Labute approximate surface area is 98.5 Å². The zero-order chi connectivity index (χ0) is 11.8. The Kier molecular flexibility index (Phi) is 3.22. The molecule has 1 saturated carbocycles. The summed E-state index contributed by atoms with van der Waals surface area (Å²) in [5, 5.41) is 5.13. The van der Waals surface area contributed by atoms with Crippen LogP contribution in [0, 0.1) is 22.2 Å². The first kappa shape index (κ1) is 11.9. The van der Waals surface area contributed by atoms with Gasteiger partial charge in [0.05, 0.1) is 11.3 Å². The van der Waals surface area contributed by atoms with Crippen molar-refractivity contribution in [3.8, 4) is 0 Å². The molecule has 1 aliphatic heterocycles. The fourth-order valence-corrected chi connectivity index (χ4v) is 3.74. The number of nitroso groups, excluding NO2 is 1. The highest BCUT2D eigenvalue weighted by Crippen LogP contribution is 2.46. The van der Waals surface area contributed by atoms with Gasteiger partial charge >= 0.3 is 0 Å². The molecule has 1 saturated heterocycles. The Morgan fingerprint density at radius 3 is 2.44 bits per heavy atom. The van der Waals surface area contributed by atoms with Crippen LogP contribution >= 0.6 is 0 Å². The summed E-state index contributed by atoms with van der Waals surface area (Å²) >= 11 is 0. The molecule has 0 bridgehead atoms. The second-order valence-corrected chi connectivity index (χ2v) is 6.54. The SMILES string of the molecule is CC(C)(C)[C@@H]1CCC[C@@H]2CCCN(N=O)[C@@H]21. The van der Waals surface area contributed by atoms with Crippen LogP contribution in [0.5, 0.6) is 0 Å². The molecule has 3 atom stereocenters. The van der Waals surface area contributed by atoms with Crippen LogP contribution in [0.4, 0.5) is 0 Å². The van der Waals surface area contributed by atoms with Crippen molar-refractivity contribution in [1.29, 1.82) is 0 Å². The van der Waals surface area contributed by atoms with Gasteiger partial charge in [-0.3, -0.25) is 5.01 Å². The summed E-state index contributed by atoms with van der Waals surface area (Å²) in [6, 6.07) is 0.417. The zero-order valence-electron chi connectivity index (χ0n) is 10.8. The smallest absolute Gasteiger partial charge is 0.0563 e. The van der Waals surface area contributed by atoms with Gasteiger partial charge < -0.3 is 0 Å². The lowest BCUT2D eigenvalue weighted by molar-refractivity contribution is -0.0230. The standard InChI is InChI=1S/C13H24N2O/c1-13(2,3)11-8-4-6-10-7-5-9-15(14-16)12(10)11/h10-12H,4-9H2,1-3H3/t10-,11-,12+/m1/s1. The lowest BCUT2D eigenvalue weighted by Gasteiger charge is -2.50. The van der Waals surface area contributed by atoms with Crippen LogP contribution in [0.25, 0.3) is 0 Å². The molecule has 1 aliphatic carbocycles. The average molecular weight is 224 g/mol. The maximum atomic E-state index is 11.0. The van der Waals surface area contributed by atoms with E-state index >= 15 is 0 Å². The van der Waals surface area contributed by atoms with Crippen molar-refractivity contribution in [2.45, 2.75) is 58.9 Å². The number of nitrogens with zero attached hydrogens (tertiary/aromatic N) is 2. The number of rotatable bonds is 1. The largest absolute Gasteiger partial charge is 0.257 e. The molecule has 0 radical (unpaired) electrons. The Bertz CT molecular complexity index is 257. The minimum absolute atomic E-state index is 0.295. The third-order valence-electron chi connectivity index (χ3n) is 4.51. The van der Waals surface area contributed by atoms with Gasteiger partial charge in [-0.05, 0) is 42.9 Å². The van der Waals surface area contributed by atoms with Crippen LogP contribution in [0.1, 0.15) is 52.9 Å². The maximum Gasteiger partial charge on any atom is 0.0563 e. The van der Waals surface area contributed by atoms with E-state index in [9.17, 15) is 4.91 Å². The summed E-state index contributed by atoms with van der Waals surface area (Å²) in [7, 11) is 0. The topological polar surface area (TPSA) is 32.7 Å². The first-order chi connectivity index (χ1) is 7.54. The third-order valence-corrected chi connectivity index (χ3v) is 4.51. The lowest BCUT2D eigenvalue weighted by atomic mass is 9.64. The average Bonchev–Trinajstić information content (AvgIpc) is 2.26. The molecule has 3 nitrogen and oxygen atoms in total. The van der Waals surface area contributed by atoms with Crippen LogP contribution in [0.2, 0.25) is 0 Å². The first-order valence-corrected chi connectivity index (χ1v) is 6.64. The minimum Gasteiger partial charge on any atom is -0.257 e. The summed E-state index contributed by atoms with van der Waals surface area (Å²) < 4.78 is 0. The molecule has 0 amide bonds. The molecule has 2 aliphatic rings. The first-order valence-electron chi connectivity index (χ1n) is 6.64. The fourth-order valence-electron chi connectivity index (χ4n) is 3.74. The molecule has 92 valence electrons. The summed E-state index contributed by atoms with van der Waals surface area (Å²) in [5.41, 5.74) is 0.295. The number of hydrogen-bond donors (Lipinski definition) is 0. The Balaban J connectivity index is 2.21. The molecule has 0 unspecified atom stereocenters. The molecule has 2 rings (SSSR count). The second-order valence-electron chi connectivity index (χ2n) is 6.54. The predicted octanol–water partition coefficient (Wildman–Crippen LogP) is 3.59. The van der Waals surface area contributed by atoms with Crippen molar-refractivity contribution in [3.05, 3.63) is 4.91 Å². The molecule has 3 heteroatoms. The second kappa shape index (κ2) is 4.34. The molecular weight excluding hydrogens is 200 g/mol. The van der Waals surface area contributed by atoms with E-state index in [0.29, 0.717) is 23.3 Å². The number of fused-ring (bicyclic) bond motifs is 1. The normalized spacial score (nSPS) is 35.7. The van der Waals surface area contributed by atoms with Crippen LogP contribution in [0.3, 0.4) is 0 Å². The van der Waals surface area contributed by atoms with Crippen molar-refractivity contribution < 1.29 is 0 Å². The monoisotopic (exact) mass is 224 g/mol. The zero-order valence-corrected chi connectivity index (χ0v) is 10.8. The van der Waals surface area contributed by atoms with E-state index < -0.39 is 0 Å². The van der Waals surface area contributed by atoms with Gasteiger partial charge in [0.25, 0.3) is 0 Å². The minimum atomic E-state index is 0.295. The van der Waals surface area contributed by atoms with E-state index in [1.165, 1.54) is 25.7 Å². The molecule has 2 fully saturated rings. The van der Waals surface area contributed by atoms with E-state index in [-0.39, 0.29) is 0 Å². The van der Waals surface area contributed by atoms with E-state index in [1.807, 2.05) is 5.01 Å². The van der Waals surface area contributed by atoms with Gasteiger partial charge in [-0.2, -0.15) is 0 Å². The van der Waals surface area contributed by atoms with E-state index in [0.717, 1.165) is 13.0 Å². The highest BCUT2D eigenvalue weighted by atomic mass is 16.3. The number of hydrogen-bond acceptors (Lipinski definition) is 2. The Morgan fingerprint density at radius 1 is 1.12 bits per heavy atom. The van der Waals surface area contributed by atoms with Gasteiger partial charge in [0.15, 0.2) is 0 Å². The highest BCUT2D eigenvalue weighted by molar-refractivity contribution is 4.95. The van der Waals surface area contributed by atoms with E-state index in [4.69, 9.17) is 0 Å². The summed E-state index contributed by atoms with van der Waals surface area (Å²) in [4.78, 5) is 11.0. The van der Waals surface area contributed by atoms with Crippen LogP contribution in [0.15, 0.2) is 5.29 Å². The summed E-state index contributed by atoms with van der Waals surface area (Å²) in [6.07, 6.45) is 6.32. The van der Waals surface area contributed by atoms with Crippen LogP contribution < -0.4 is 0 Å². The van der Waals surface area contributed by atoms with E-state index in [1.54, 1.807) is 0 Å². The molecule has 0 aromatic carbocycles. The highest BCUT2D eigenvalue weighted by Gasteiger charge is 2.44. The molecule has 0 spiro atoms.